The third-order valence-corrected chi connectivity index (χ3v) is 3.07. The standard InChI is InChI=1S/C11H18N4O2/c1-6-5-17-7(2)4-15(6)11(16)10-9(12)8(3)13-14-10/h6-7H,4-5,12H2,1-3H3,(H,13,14). The minimum atomic E-state index is -0.130. The molecule has 6 nitrogen and oxygen atoms in total. The highest BCUT2D eigenvalue weighted by atomic mass is 16.5. The fourth-order valence-electron chi connectivity index (χ4n) is 1.92. The van der Waals surface area contributed by atoms with E-state index in [0.717, 1.165) is 5.69 Å². The Hall–Kier alpha value is -1.56. The molecule has 2 unspecified atom stereocenters. The largest absolute Gasteiger partial charge is 0.395 e. The first-order chi connectivity index (χ1) is 8.00. The summed E-state index contributed by atoms with van der Waals surface area (Å²) in [6.45, 7) is 6.83. The van der Waals surface area contributed by atoms with E-state index in [1.54, 1.807) is 11.8 Å². The second kappa shape index (κ2) is 4.37. The monoisotopic (exact) mass is 238 g/mol. The molecule has 0 aromatic carbocycles. The summed E-state index contributed by atoms with van der Waals surface area (Å²) >= 11 is 0. The highest BCUT2D eigenvalue weighted by Crippen LogP contribution is 2.19. The number of carbonyl (C=O) groups excluding carboxylic acids is 1. The molecule has 2 heterocycles. The van der Waals surface area contributed by atoms with Crippen LogP contribution >= 0.6 is 0 Å². The van der Waals surface area contributed by atoms with Gasteiger partial charge in [-0.2, -0.15) is 5.10 Å². The Morgan fingerprint density at radius 3 is 2.88 bits per heavy atom. The van der Waals surface area contributed by atoms with Gasteiger partial charge in [0.15, 0.2) is 5.69 Å². The number of hydrogen-bond donors (Lipinski definition) is 2. The van der Waals surface area contributed by atoms with Crippen LogP contribution in [-0.4, -0.2) is 46.3 Å². The van der Waals surface area contributed by atoms with Gasteiger partial charge in [-0.3, -0.25) is 9.89 Å². The van der Waals surface area contributed by atoms with Gasteiger partial charge < -0.3 is 15.4 Å². The maximum Gasteiger partial charge on any atom is 0.276 e. The Bertz CT molecular complexity index is 429. The van der Waals surface area contributed by atoms with Crippen molar-refractivity contribution in [1.29, 1.82) is 0 Å². The van der Waals surface area contributed by atoms with Crippen LogP contribution < -0.4 is 5.73 Å². The summed E-state index contributed by atoms with van der Waals surface area (Å²) in [5, 5.41) is 6.70. The van der Waals surface area contributed by atoms with Crippen LogP contribution in [0.4, 0.5) is 5.69 Å². The average molecular weight is 238 g/mol. The molecule has 1 amide bonds. The molecule has 94 valence electrons. The number of anilines is 1. The molecule has 0 spiro atoms. The van der Waals surface area contributed by atoms with Crippen molar-refractivity contribution in [2.45, 2.75) is 32.9 Å². The molecule has 0 radical (unpaired) electrons. The molecule has 0 bridgehead atoms. The Morgan fingerprint density at radius 2 is 2.29 bits per heavy atom. The summed E-state index contributed by atoms with van der Waals surface area (Å²) in [6, 6.07) is 0.0510. The van der Waals surface area contributed by atoms with Crippen molar-refractivity contribution in [3.63, 3.8) is 0 Å². The molecule has 6 heteroatoms. The highest BCUT2D eigenvalue weighted by Gasteiger charge is 2.30. The number of amides is 1. The number of aromatic nitrogens is 2. The van der Waals surface area contributed by atoms with Crippen molar-refractivity contribution >= 4 is 11.6 Å². The van der Waals surface area contributed by atoms with Crippen LogP contribution in [0.2, 0.25) is 0 Å². The van der Waals surface area contributed by atoms with Crippen molar-refractivity contribution in [2.24, 2.45) is 0 Å². The number of carbonyl (C=O) groups is 1. The first-order valence-corrected chi connectivity index (χ1v) is 5.73. The minimum absolute atomic E-state index is 0.0510. The summed E-state index contributed by atoms with van der Waals surface area (Å²) in [7, 11) is 0. The molecule has 1 saturated heterocycles. The van der Waals surface area contributed by atoms with Gasteiger partial charge in [0.25, 0.3) is 5.91 Å². The van der Waals surface area contributed by atoms with Gasteiger partial charge in [-0.05, 0) is 20.8 Å². The van der Waals surface area contributed by atoms with Gasteiger partial charge in [0.1, 0.15) is 0 Å². The second-order valence-corrected chi connectivity index (χ2v) is 4.56. The third-order valence-electron chi connectivity index (χ3n) is 3.07. The lowest BCUT2D eigenvalue weighted by Crippen LogP contribution is -2.50. The van der Waals surface area contributed by atoms with Crippen molar-refractivity contribution in [2.75, 3.05) is 18.9 Å². The summed E-state index contributed by atoms with van der Waals surface area (Å²) < 4.78 is 5.49. The Morgan fingerprint density at radius 1 is 1.59 bits per heavy atom. The van der Waals surface area contributed by atoms with Crippen LogP contribution in [0.3, 0.4) is 0 Å². The maximum atomic E-state index is 12.3. The number of aryl methyl sites for hydroxylation is 1. The van der Waals surface area contributed by atoms with E-state index in [0.29, 0.717) is 24.5 Å². The second-order valence-electron chi connectivity index (χ2n) is 4.56. The van der Waals surface area contributed by atoms with Crippen LogP contribution in [0.5, 0.6) is 0 Å². The third kappa shape index (κ3) is 2.12. The van der Waals surface area contributed by atoms with Crippen molar-refractivity contribution < 1.29 is 9.53 Å². The van der Waals surface area contributed by atoms with Crippen molar-refractivity contribution in [3.05, 3.63) is 11.4 Å². The van der Waals surface area contributed by atoms with E-state index >= 15 is 0 Å². The fourth-order valence-corrected chi connectivity index (χ4v) is 1.92. The molecule has 0 aliphatic carbocycles. The number of H-pyrrole nitrogens is 1. The molecule has 2 rings (SSSR count). The van der Waals surface area contributed by atoms with Crippen LogP contribution in [0.15, 0.2) is 0 Å². The van der Waals surface area contributed by atoms with Crippen molar-refractivity contribution in [3.8, 4) is 0 Å². The number of nitrogens with two attached hydrogens (primary N) is 1. The van der Waals surface area contributed by atoms with E-state index in [1.807, 2.05) is 13.8 Å². The number of ether oxygens (including phenoxy) is 1. The van der Waals surface area contributed by atoms with E-state index in [2.05, 4.69) is 10.2 Å². The average Bonchev–Trinajstić information content (AvgIpc) is 2.62. The summed E-state index contributed by atoms with van der Waals surface area (Å²) in [4.78, 5) is 14.1. The normalized spacial score (nSPS) is 25.0. The first-order valence-electron chi connectivity index (χ1n) is 5.73. The van der Waals surface area contributed by atoms with Gasteiger partial charge in [-0.15, -0.1) is 0 Å². The molecule has 1 fully saturated rings. The zero-order valence-corrected chi connectivity index (χ0v) is 10.4. The molecular formula is C11H18N4O2. The molecule has 17 heavy (non-hydrogen) atoms. The molecule has 3 N–H and O–H groups in total. The number of nitrogens with one attached hydrogen (secondary N) is 1. The molecule has 1 aliphatic rings. The zero-order valence-electron chi connectivity index (χ0n) is 10.4. The zero-order chi connectivity index (χ0) is 12.6. The summed E-state index contributed by atoms with van der Waals surface area (Å²) in [5.74, 6) is -0.130. The Balaban J connectivity index is 2.22. The molecule has 2 atom stereocenters. The van der Waals surface area contributed by atoms with Crippen LogP contribution in [0.1, 0.15) is 30.0 Å². The quantitative estimate of drug-likeness (QED) is 0.748. The van der Waals surface area contributed by atoms with Gasteiger partial charge in [-0.25, -0.2) is 0 Å². The summed E-state index contributed by atoms with van der Waals surface area (Å²) in [5.41, 5.74) is 7.28. The first kappa shape index (κ1) is 11.9. The molecule has 1 aromatic rings. The predicted molar refractivity (Wildman–Crippen MR) is 63.6 cm³/mol. The van der Waals surface area contributed by atoms with Crippen LogP contribution in [0, 0.1) is 6.92 Å². The van der Waals surface area contributed by atoms with Crippen LogP contribution in [-0.2, 0) is 4.74 Å². The number of rotatable bonds is 1. The molecule has 1 aliphatic heterocycles. The number of hydrogen-bond acceptors (Lipinski definition) is 4. The molecule has 0 saturated carbocycles. The number of aromatic amines is 1. The Labute approximate surface area is 100 Å². The lowest BCUT2D eigenvalue weighted by molar-refractivity contribution is -0.0388. The lowest BCUT2D eigenvalue weighted by Gasteiger charge is -2.36. The summed E-state index contributed by atoms with van der Waals surface area (Å²) in [6.07, 6.45) is 0.0522. The van der Waals surface area contributed by atoms with E-state index in [9.17, 15) is 4.79 Å². The maximum absolute atomic E-state index is 12.3. The minimum Gasteiger partial charge on any atom is -0.395 e. The van der Waals surface area contributed by atoms with E-state index < -0.39 is 0 Å². The smallest absolute Gasteiger partial charge is 0.276 e. The van der Waals surface area contributed by atoms with E-state index in [1.165, 1.54) is 0 Å². The number of nitrogens with zero attached hydrogens (tertiary/aromatic N) is 2. The van der Waals surface area contributed by atoms with Crippen LogP contribution in [0.25, 0.3) is 0 Å². The number of nitrogen functional groups attached to an aromatic ring is 1. The molecule has 1 aromatic heterocycles. The van der Waals surface area contributed by atoms with E-state index in [4.69, 9.17) is 10.5 Å². The predicted octanol–water partition coefficient (Wildman–Crippen LogP) is 0.550. The highest BCUT2D eigenvalue weighted by molar-refractivity contribution is 5.97. The van der Waals surface area contributed by atoms with Gasteiger partial charge >= 0.3 is 0 Å². The molecular weight excluding hydrogens is 220 g/mol. The topological polar surface area (TPSA) is 84.2 Å². The Kier molecular flexibility index (Phi) is 3.06. The van der Waals surface area contributed by atoms with Gasteiger partial charge in [-0.1, -0.05) is 0 Å². The van der Waals surface area contributed by atoms with Gasteiger partial charge in [0.05, 0.1) is 30.1 Å². The SMILES string of the molecule is Cc1[nH]nc(C(=O)N2CC(C)OCC2C)c1N. The fraction of sp³-hybridized carbons (Fsp3) is 0.636. The number of morpholine rings is 1. The van der Waals surface area contributed by atoms with Crippen molar-refractivity contribution in [1.82, 2.24) is 15.1 Å². The van der Waals surface area contributed by atoms with Gasteiger partial charge in [0, 0.05) is 6.54 Å². The lowest BCUT2D eigenvalue weighted by atomic mass is 10.1. The van der Waals surface area contributed by atoms with Gasteiger partial charge in [0.2, 0.25) is 0 Å². The van der Waals surface area contributed by atoms with E-state index in [-0.39, 0.29) is 18.1 Å².